The predicted octanol–water partition coefficient (Wildman–Crippen LogP) is 3.08. The Balaban J connectivity index is 2.17. The standard InChI is InChI=1S/C23H26N2O6S2/c1-24(22(32)16-11-14(28-3)7-9-18(16)30-5)20(26)13-21(27)25(2)23(33)17-12-15(29-4)8-10-19(17)31-6/h7-12H,13H2,1-6H3. The molecule has 0 saturated heterocycles. The summed E-state index contributed by atoms with van der Waals surface area (Å²) in [6, 6.07) is 10.2. The summed E-state index contributed by atoms with van der Waals surface area (Å²) in [6.45, 7) is 0. The van der Waals surface area contributed by atoms with Crippen molar-refractivity contribution in [1.82, 2.24) is 9.80 Å². The van der Waals surface area contributed by atoms with Crippen LogP contribution in [0.3, 0.4) is 0 Å². The van der Waals surface area contributed by atoms with Gasteiger partial charge in [0.15, 0.2) is 0 Å². The van der Waals surface area contributed by atoms with Gasteiger partial charge >= 0.3 is 0 Å². The number of ether oxygens (including phenoxy) is 4. The van der Waals surface area contributed by atoms with Crippen LogP contribution in [0.5, 0.6) is 23.0 Å². The third-order valence-corrected chi connectivity index (χ3v) is 5.92. The Morgan fingerprint density at radius 3 is 1.36 bits per heavy atom. The highest BCUT2D eigenvalue weighted by atomic mass is 32.1. The molecule has 2 amide bonds. The van der Waals surface area contributed by atoms with Crippen molar-refractivity contribution in [1.29, 1.82) is 0 Å². The highest BCUT2D eigenvalue weighted by Gasteiger charge is 2.25. The molecule has 0 aliphatic heterocycles. The second-order valence-corrected chi connectivity index (χ2v) is 7.60. The Morgan fingerprint density at radius 2 is 1.06 bits per heavy atom. The molecule has 33 heavy (non-hydrogen) atoms. The first kappa shape index (κ1) is 26.0. The van der Waals surface area contributed by atoms with Crippen LogP contribution in [0.4, 0.5) is 0 Å². The zero-order chi connectivity index (χ0) is 24.7. The SMILES string of the molecule is COc1ccc(OC)c(C(=S)N(C)C(=O)CC(=O)N(C)C(=S)c2cc(OC)ccc2OC)c1. The van der Waals surface area contributed by atoms with Crippen LogP contribution in [0.15, 0.2) is 36.4 Å². The predicted molar refractivity (Wildman–Crippen MR) is 133 cm³/mol. The maximum atomic E-state index is 12.8. The minimum atomic E-state index is -0.498. The van der Waals surface area contributed by atoms with Gasteiger partial charge in [-0.15, -0.1) is 0 Å². The van der Waals surface area contributed by atoms with Crippen LogP contribution in [0.25, 0.3) is 0 Å². The second-order valence-electron chi connectivity index (χ2n) is 6.83. The van der Waals surface area contributed by atoms with Gasteiger partial charge < -0.3 is 28.7 Å². The molecule has 2 aromatic carbocycles. The number of amides is 2. The number of nitrogens with zero attached hydrogens (tertiary/aromatic N) is 2. The molecule has 0 aromatic heterocycles. The Morgan fingerprint density at radius 1 is 0.697 bits per heavy atom. The molecule has 0 radical (unpaired) electrons. The lowest BCUT2D eigenvalue weighted by atomic mass is 10.1. The summed E-state index contributed by atoms with van der Waals surface area (Å²) in [5, 5.41) is 0. The van der Waals surface area contributed by atoms with Crippen LogP contribution in [-0.4, -0.2) is 74.1 Å². The van der Waals surface area contributed by atoms with E-state index < -0.39 is 18.2 Å². The van der Waals surface area contributed by atoms with Gasteiger partial charge in [0.05, 0.1) is 39.6 Å². The first-order valence-corrected chi connectivity index (χ1v) is 10.6. The summed E-state index contributed by atoms with van der Waals surface area (Å²) in [4.78, 5) is 28.5. The summed E-state index contributed by atoms with van der Waals surface area (Å²) in [5.41, 5.74) is 1.00. The van der Waals surface area contributed by atoms with E-state index in [4.69, 9.17) is 43.4 Å². The summed E-state index contributed by atoms with van der Waals surface area (Å²) >= 11 is 11.0. The minimum absolute atomic E-state index is 0.197. The lowest BCUT2D eigenvalue weighted by Gasteiger charge is -2.23. The number of rotatable bonds is 8. The van der Waals surface area contributed by atoms with Crippen LogP contribution >= 0.6 is 24.4 Å². The van der Waals surface area contributed by atoms with Crippen molar-refractivity contribution in [2.24, 2.45) is 0 Å². The third kappa shape index (κ3) is 5.96. The average Bonchev–Trinajstić information content (AvgIpc) is 2.85. The van der Waals surface area contributed by atoms with E-state index >= 15 is 0 Å². The monoisotopic (exact) mass is 490 g/mol. The molecule has 0 N–H and O–H groups in total. The van der Waals surface area contributed by atoms with E-state index in [1.807, 2.05) is 0 Å². The van der Waals surface area contributed by atoms with Crippen molar-refractivity contribution in [3.05, 3.63) is 47.5 Å². The van der Waals surface area contributed by atoms with Crippen molar-refractivity contribution in [3.63, 3.8) is 0 Å². The highest BCUT2D eigenvalue weighted by molar-refractivity contribution is 7.81. The van der Waals surface area contributed by atoms with Gasteiger partial charge in [-0.1, -0.05) is 24.4 Å². The van der Waals surface area contributed by atoms with Crippen LogP contribution in [0, 0.1) is 0 Å². The maximum absolute atomic E-state index is 12.8. The molecule has 0 aliphatic carbocycles. The number of hydrogen-bond donors (Lipinski definition) is 0. The van der Waals surface area contributed by atoms with Crippen molar-refractivity contribution in [2.75, 3.05) is 42.5 Å². The second kappa shape index (κ2) is 11.6. The van der Waals surface area contributed by atoms with Crippen LogP contribution in [-0.2, 0) is 9.59 Å². The van der Waals surface area contributed by atoms with Crippen molar-refractivity contribution in [2.45, 2.75) is 6.42 Å². The molecule has 0 heterocycles. The number of benzene rings is 2. The van der Waals surface area contributed by atoms with E-state index in [1.165, 1.54) is 52.3 Å². The van der Waals surface area contributed by atoms with Crippen LogP contribution in [0.2, 0.25) is 0 Å². The molecule has 0 aliphatic rings. The molecule has 0 saturated carbocycles. The maximum Gasteiger partial charge on any atom is 0.236 e. The number of methoxy groups -OCH3 is 4. The van der Waals surface area contributed by atoms with Gasteiger partial charge in [-0.05, 0) is 36.4 Å². The summed E-state index contributed by atoms with van der Waals surface area (Å²) in [5.74, 6) is 1.08. The Bertz CT molecular complexity index is 989. The lowest BCUT2D eigenvalue weighted by Crippen LogP contribution is -2.39. The minimum Gasteiger partial charge on any atom is -0.497 e. The molecule has 10 heteroatoms. The topological polar surface area (TPSA) is 77.5 Å². The van der Waals surface area contributed by atoms with E-state index in [1.54, 1.807) is 36.4 Å². The Hall–Kier alpha value is -3.24. The Labute approximate surface area is 204 Å². The van der Waals surface area contributed by atoms with Crippen molar-refractivity contribution >= 4 is 46.2 Å². The largest absolute Gasteiger partial charge is 0.497 e. The van der Waals surface area contributed by atoms with Gasteiger partial charge in [-0.25, -0.2) is 0 Å². The molecule has 0 bridgehead atoms. The first-order valence-electron chi connectivity index (χ1n) is 9.74. The summed E-state index contributed by atoms with van der Waals surface area (Å²) in [7, 11) is 9.06. The third-order valence-electron chi connectivity index (χ3n) is 4.93. The molecule has 0 unspecified atom stereocenters. The van der Waals surface area contributed by atoms with E-state index in [-0.39, 0.29) is 9.98 Å². The van der Waals surface area contributed by atoms with Crippen LogP contribution in [0.1, 0.15) is 17.5 Å². The quantitative estimate of drug-likeness (QED) is 0.413. The zero-order valence-corrected chi connectivity index (χ0v) is 21.0. The smallest absolute Gasteiger partial charge is 0.236 e. The molecule has 2 aromatic rings. The van der Waals surface area contributed by atoms with Gasteiger partial charge in [0, 0.05) is 14.1 Å². The van der Waals surface area contributed by atoms with Crippen molar-refractivity contribution < 1.29 is 28.5 Å². The number of carbonyl (C=O) groups excluding carboxylic acids is 2. The summed E-state index contributed by atoms with van der Waals surface area (Å²) < 4.78 is 21.1. The molecule has 0 fully saturated rings. The number of hydrogen-bond acceptors (Lipinski definition) is 8. The molecule has 2 rings (SSSR count). The first-order chi connectivity index (χ1) is 15.7. The molecule has 0 atom stereocenters. The molecule has 176 valence electrons. The van der Waals surface area contributed by atoms with Crippen molar-refractivity contribution in [3.8, 4) is 23.0 Å². The molecule has 8 nitrogen and oxygen atoms in total. The fourth-order valence-electron chi connectivity index (χ4n) is 2.92. The zero-order valence-electron chi connectivity index (χ0n) is 19.3. The fraction of sp³-hybridized carbons (Fsp3) is 0.304. The van der Waals surface area contributed by atoms with E-state index in [0.717, 1.165) is 0 Å². The van der Waals surface area contributed by atoms with Gasteiger partial charge in [0.2, 0.25) is 11.8 Å². The van der Waals surface area contributed by atoms with E-state index in [2.05, 4.69) is 0 Å². The summed E-state index contributed by atoms with van der Waals surface area (Å²) in [6.07, 6.45) is -0.439. The lowest BCUT2D eigenvalue weighted by molar-refractivity contribution is -0.135. The molecule has 0 spiro atoms. The normalized spacial score (nSPS) is 10.1. The molecular weight excluding hydrogens is 464 g/mol. The highest BCUT2D eigenvalue weighted by Crippen LogP contribution is 2.27. The van der Waals surface area contributed by atoms with Gasteiger partial charge in [0.1, 0.15) is 39.4 Å². The van der Waals surface area contributed by atoms with E-state index in [9.17, 15) is 9.59 Å². The van der Waals surface area contributed by atoms with Gasteiger partial charge in [-0.2, -0.15) is 0 Å². The van der Waals surface area contributed by atoms with E-state index in [0.29, 0.717) is 34.1 Å². The van der Waals surface area contributed by atoms with Gasteiger partial charge in [-0.3, -0.25) is 9.59 Å². The number of thiocarbonyl (C=S) groups is 2. The van der Waals surface area contributed by atoms with Crippen LogP contribution < -0.4 is 18.9 Å². The fourth-order valence-corrected chi connectivity index (χ4v) is 3.44. The molecular formula is C23H26N2O6S2. The number of carbonyl (C=O) groups is 2. The average molecular weight is 491 g/mol. The van der Waals surface area contributed by atoms with Gasteiger partial charge in [0.25, 0.3) is 0 Å². The Kier molecular flexibility index (Phi) is 9.12.